The van der Waals surface area contributed by atoms with Crippen LogP contribution < -0.4 is 0 Å². The maximum absolute atomic E-state index is 13.8. The third-order valence-electron chi connectivity index (χ3n) is 4.04. The first kappa shape index (κ1) is 18.7. The Hall–Kier alpha value is -3.06. The summed E-state index contributed by atoms with van der Waals surface area (Å²) in [5.74, 6) is -0.610. The summed E-state index contributed by atoms with van der Waals surface area (Å²) in [6, 6.07) is 14.1. The van der Waals surface area contributed by atoms with E-state index in [0.717, 1.165) is 0 Å². The van der Waals surface area contributed by atoms with Gasteiger partial charge in [-0.3, -0.25) is 19.9 Å². The number of halogens is 1. The Morgan fingerprint density at radius 1 is 1.19 bits per heavy atom. The number of nitro groups is 1. The topological polar surface area (TPSA) is 73.1 Å². The molecule has 0 fully saturated rings. The summed E-state index contributed by atoms with van der Waals surface area (Å²) in [7, 11) is 0. The molecule has 0 atom stereocenters. The van der Waals surface area contributed by atoms with Crippen LogP contribution in [0.4, 0.5) is 10.1 Å². The van der Waals surface area contributed by atoms with Gasteiger partial charge in [-0.25, -0.2) is 4.39 Å². The molecule has 7 heteroatoms. The lowest BCUT2D eigenvalue weighted by molar-refractivity contribution is -0.387. The van der Waals surface area contributed by atoms with Crippen molar-refractivity contribution in [3.8, 4) is 11.3 Å². The molecule has 5 nitrogen and oxygen atoms in total. The second-order valence-corrected chi connectivity index (χ2v) is 6.62. The Bertz CT molecular complexity index is 1010. The van der Waals surface area contributed by atoms with Crippen LogP contribution in [0.2, 0.25) is 0 Å². The van der Waals surface area contributed by atoms with E-state index in [2.05, 4.69) is 4.98 Å². The summed E-state index contributed by atoms with van der Waals surface area (Å²) in [4.78, 5) is 27.9. The minimum atomic E-state index is -0.493. The number of Topliss-reactive ketones (excluding diaryl/α,β-unsaturated/α-hetero) is 1. The van der Waals surface area contributed by atoms with Crippen LogP contribution in [-0.4, -0.2) is 21.9 Å². The Morgan fingerprint density at radius 2 is 1.96 bits per heavy atom. The quantitative estimate of drug-likeness (QED) is 0.261. The van der Waals surface area contributed by atoms with Gasteiger partial charge < -0.3 is 0 Å². The maximum atomic E-state index is 13.8. The normalized spacial score (nSPS) is 10.6. The zero-order valence-electron chi connectivity index (χ0n) is 14.4. The fourth-order valence-electron chi connectivity index (χ4n) is 2.65. The monoisotopic (exact) mass is 382 g/mol. The predicted molar refractivity (Wildman–Crippen MR) is 103 cm³/mol. The first-order valence-corrected chi connectivity index (χ1v) is 9.27. The second kappa shape index (κ2) is 8.09. The van der Waals surface area contributed by atoms with Gasteiger partial charge in [0.2, 0.25) is 0 Å². The molecule has 3 aromatic rings. The molecule has 0 unspecified atom stereocenters. The zero-order valence-corrected chi connectivity index (χ0v) is 15.2. The van der Waals surface area contributed by atoms with Crippen molar-refractivity contribution in [2.24, 2.45) is 0 Å². The smallest absolute Gasteiger partial charge is 0.283 e. The van der Waals surface area contributed by atoms with Gasteiger partial charge in [0, 0.05) is 29.8 Å². The summed E-state index contributed by atoms with van der Waals surface area (Å²) < 4.78 is 13.8. The highest BCUT2D eigenvalue weighted by molar-refractivity contribution is 7.98. The largest absolute Gasteiger partial charge is 0.294 e. The van der Waals surface area contributed by atoms with E-state index >= 15 is 0 Å². The number of hydrogen-bond donors (Lipinski definition) is 0. The molecule has 27 heavy (non-hydrogen) atoms. The highest BCUT2D eigenvalue weighted by Crippen LogP contribution is 2.29. The van der Waals surface area contributed by atoms with Gasteiger partial charge in [0.1, 0.15) is 5.82 Å². The number of nitrogens with zero attached hydrogens (tertiary/aromatic N) is 2. The molecule has 136 valence electrons. The van der Waals surface area contributed by atoms with E-state index in [0.29, 0.717) is 21.7 Å². The summed E-state index contributed by atoms with van der Waals surface area (Å²) in [5, 5.41) is 11.2. The van der Waals surface area contributed by atoms with Crippen LogP contribution in [0.25, 0.3) is 11.3 Å². The molecule has 0 aliphatic rings. The van der Waals surface area contributed by atoms with Crippen molar-refractivity contribution in [3.05, 3.63) is 87.9 Å². The van der Waals surface area contributed by atoms with Crippen LogP contribution in [0.3, 0.4) is 0 Å². The highest BCUT2D eigenvalue weighted by Gasteiger charge is 2.17. The number of carbonyl (C=O) groups excluding carboxylic acids is 1. The van der Waals surface area contributed by atoms with E-state index in [-0.39, 0.29) is 29.3 Å². The number of hydrogen-bond acceptors (Lipinski definition) is 5. The Labute approximate surface area is 159 Å². The zero-order chi connectivity index (χ0) is 19.4. The molecule has 1 heterocycles. The second-order valence-electron chi connectivity index (χ2n) is 5.78. The molecular weight excluding hydrogens is 367 g/mol. The molecule has 0 radical (unpaired) electrons. The fourth-order valence-corrected chi connectivity index (χ4v) is 3.20. The van der Waals surface area contributed by atoms with Crippen molar-refractivity contribution in [1.29, 1.82) is 0 Å². The van der Waals surface area contributed by atoms with E-state index in [1.807, 2.05) is 0 Å². The number of carbonyl (C=O) groups is 1. The van der Waals surface area contributed by atoms with Crippen molar-refractivity contribution in [1.82, 2.24) is 4.98 Å². The lowest BCUT2D eigenvalue weighted by Crippen LogP contribution is -2.05. The molecule has 0 saturated carbocycles. The number of pyridine rings is 1. The summed E-state index contributed by atoms with van der Waals surface area (Å²) in [5.41, 5.74) is 1.71. The van der Waals surface area contributed by atoms with Gasteiger partial charge in [-0.05, 0) is 42.2 Å². The summed E-state index contributed by atoms with van der Waals surface area (Å²) in [6.07, 6.45) is 3.32. The van der Waals surface area contributed by atoms with Crippen LogP contribution in [0.15, 0.2) is 65.7 Å². The fraction of sp³-hybridized carbons (Fsp3) is 0.100. The van der Waals surface area contributed by atoms with Crippen molar-refractivity contribution < 1.29 is 14.1 Å². The number of rotatable bonds is 6. The van der Waals surface area contributed by atoms with Gasteiger partial charge in [-0.2, -0.15) is 0 Å². The van der Waals surface area contributed by atoms with E-state index < -0.39 is 4.92 Å². The van der Waals surface area contributed by atoms with Crippen molar-refractivity contribution >= 4 is 23.2 Å². The standard InChI is InChI=1S/C20H15FN2O3S/c1-27-20-9-7-14(11-18(20)23(25)26)19(24)10-13-6-8-17(22-12-13)15-4-2-3-5-16(15)21/h2-9,11-12H,10H2,1H3. The summed E-state index contributed by atoms with van der Waals surface area (Å²) >= 11 is 1.26. The van der Waals surface area contributed by atoms with Gasteiger partial charge >= 0.3 is 0 Å². The van der Waals surface area contributed by atoms with Crippen LogP contribution in [0.5, 0.6) is 0 Å². The highest BCUT2D eigenvalue weighted by atomic mass is 32.2. The van der Waals surface area contributed by atoms with Crippen molar-refractivity contribution in [2.45, 2.75) is 11.3 Å². The number of benzene rings is 2. The minimum Gasteiger partial charge on any atom is -0.294 e. The van der Waals surface area contributed by atoms with E-state index in [4.69, 9.17) is 0 Å². The van der Waals surface area contributed by atoms with E-state index in [1.165, 1.54) is 30.1 Å². The number of thioether (sulfide) groups is 1. The number of aromatic nitrogens is 1. The molecule has 2 aromatic carbocycles. The first-order valence-electron chi connectivity index (χ1n) is 8.05. The molecule has 0 aliphatic carbocycles. The first-order chi connectivity index (χ1) is 13.0. The van der Waals surface area contributed by atoms with E-state index in [9.17, 15) is 19.3 Å². The summed E-state index contributed by atoms with van der Waals surface area (Å²) in [6.45, 7) is 0. The molecule has 0 spiro atoms. The molecular formula is C20H15FN2O3S. The molecule has 1 aromatic heterocycles. The third kappa shape index (κ3) is 4.20. The lowest BCUT2D eigenvalue weighted by Gasteiger charge is -2.06. The van der Waals surface area contributed by atoms with Crippen LogP contribution in [-0.2, 0) is 6.42 Å². The Kier molecular flexibility index (Phi) is 5.61. The molecule has 0 saturated heterocycles. The van der Waals surface area contributed by atoms with Crippen LogP contribution >= 0.6 is 11.8 Å². The van der Waals surface area contributed by atoms with Crippen LogP contribution in [0, 0.1) is 15.9 Å². The SMILES string of the molecule is CSc1ccc(C(=O)Cc2ccc(-c3ccccc3F)nc2)cc1[N+](=O)[O-]. The van der Waals surface area contributed by atoms with Crippen molar-refractivity contribution in [2.75, 3.05) is 6.26 Å². The molecule has 0 N–H and O–H groups in total. The maximum Gasteiger partial charge on any atom is 0.283 e. The average molecular weight is 382 g/mol. The molecule has 0 bridgehead atoms. The number of ketones is 1. The Balaban J connectivity index is 1.80. The number of nitro benzene ring substituents is 1. The van der Waals surface area contributed by atoms with E-state index in [1.54, 1.807) is 48.7 Å². The van der Waals surface area contributed by atoms with Gasteiger partial charge in [0.05, 0.1) is 15.5 Å². The lowest BCUT2D eigenvalue weighted by atomic mass is 10.0. The van der Waals surface area contributed by atoms with Gasteiger partial charge in [-0.1, -0.05) is 18.2 Å². The molecule has 0 amide bonds. The molecule has 0 aliphatic heterocycles. The van der Waals surface area contributed by atoms with Gasteiger partial charge in [0.25, 0.3) is 5.69 Å². The van der Waals surface area contributed by atoms with Gasteiger partial charge in [-0.15, -0.1) is 11.8 Å². The molecule has 3 rings (SSSR count). The average Bonchev–Trinajstić information content (AvgIpc) is 2.68. The van der Waals surface area contributed by atoms with Gasteiger partial charge in [0.15, 0.2) is 5.78 Å². The minimum absolute atomic E-state index is 0.0559. The third-order valence-corrected chi connectivity index (χ3v) is 4.82. The van der Waals surface area contributed by atoms with Crippen LogP contribution in [0.1, 0.15) is 15.9 Å². The van der Waals surface area contributed by atoms with Crippen molar-refractivity contribution in [3.63, 3.8) is 0 Å². The predicted octanol–water partition coefficient (Wildman–Crippen LogP) is 4.94. The Morgan fingerprint density at radius 3 is 2.59 bits per heavy atom.